The number of aryl methyl sites for hydroxylation is 2. The molecular weight excluding hydrogens is 421 g/mol. The number of carbonyl (C=O) groups excluding carboxylic acids is 1. The second kappa shape index (κ2) is 9.21. The van der Waals surface area contributed by atoms with Gasteiger partial charge in [0.25, 0.3) is 5.56 Å². The molecule has 4 rings (SSSR count). The zero-order chi connectivity index (χ0) is 23.7. The highest BCUT2D eigenvalue weighted by molar-refractivity contribution is 5.91. The highest BCUT2D eigenvalue weighted by Crippen LogP contribution is 2.29. The Balaban J connectivity index is 1.66. The summed E-state index contributed by atoms with van der Waals surface area (Å²) in [7, 11) is 3.46. The number of fused-ring (bicyclic) bond motifs is 1. The number of nitrogens with one attached hydrogen (secondary N) is 3. The molecule has 7 nitrogen and oxygen atoms in total. The van der Waals surface area contributed by atoms with Crippen molar-refractivity contribution >= 4 is 28.4 Å². The Morgan fingerprint density at radius 1 is 1.12 bits per heavy atom. The van der Waals surface area contributed by atoms with Gasteiger partial charge in [-0.05, 0) is 67.9 Å². The van der Waals surface area contributed by atoms with Gasteiger partial charge in [-0.3, -0.25) is 4.79 Å². The van der Waals surface area contributed by atoms with E-state index in [4.69, 9.17) is 0 Å². The van der Waals surface area contributed by atoms with Crippen LogP contribution in [-0.4, -0.2) is 28.7 Å². The fourth-order valence-electron chi connectivity index (χ4n) is 4.50. The standard InChI is InChI=1S/C25H30FN5O2/c1-14-5-7-17(8-6-14)29-25(33)30-21-11-18(15(2)9-20(21)26)19-10-16-13-28-23(27-3)12-22(16)31(4)24(19)32/h9-14,17H,5-8H2,1-4H3,(H,27,28)(H2,29,30,33). The number of hydrogen-bond acceptors (Lipinski definition) is 4. The molecule has 0 radical (unpaired) electrons. The first-order valence-corrected chi connectivity index (χ1v) is 11.3. The number of urea groups is 1. The van der Waals surface area contributed by atoms with Gasteiger partial charge in [-0.15, -0.1) is 0 Å². The summed E-state index contributed by atoms with van der Waals surface area (Å²) in [4.78, 5) is 30.0. The van der Waals surface area contributed by atoms with Gasteiger partial charge in [0.05, 0.1) is 11.2 Å². The molecule has 2 heterocycles. The second-order valence-corrected chi connectivity index (χ2v) is 9.00. The van der Waals surface area contributed by atoms with Crippen LogP contribution in [-0.2, 0) is 7.05 Å². The highest BCUT2D eigenvalue weighted by Gasteiger charge is 2.21. The molecule has 174 valence electrons. The van der Waals surface area contributed by atoms with Crippen LogP contribution in [0.4, 0.5) is 20.7 Å². The van der Waals surface area contributed by atoms with Crippen molar-refractivity contribution in [2.24, 2.45) is 13.0 Å². The van der Waals surface area contributed by atoms with Gasteiger partial charge in [-0.2, -0.15) is 0 Å². The molecule has 33 heavy (non-hydrogen) atoms. The molecule has 3 aromatic rings. The van der Waals surface area contributed by atoms with Crippen molar-refractivity contribution in [2.45, 2.75) is 45.6 Å². The lowest BCUT2D eigenvalue weighted by Gasteiger charge is -2.27. The zero-order valence-corrected chi connectivity index (χ0v) is 19.5. The number of hydrogen-bond donors (Lipinski definition) is 3. The molecule has 1 saturated carbocycles. The fraction of sp³-hybridized carbons (Fsp3) is 0.400. The molecule has 0 aliphatic heterocycles. The molecule has 8 heteroatoms. The lowest BCUT2D eigenvalue weighted by Crippen LogP contribution is -2.40. The van der Waals surface area contributed by atoms with Crippen molar-refractivity contribution in [3.8, 4) is 11.1 Å². The van der Waals surface area contributed by atoms with Gasteiger partial charge >= 0.3 is 6.03 Å². The van der Waals surface area contributed by atoms with Gasteiger partial charge < -0.3 is 20.5 Å². The summed E-state index contributed by atoms with van der Waals surface area (Å²) in [5, 5.41) is 9.34. The van der Waals surface area contributed by atoms with Gasteiger partial charge in [0.2, 0.25) is 0 Å². The van der Waals surface area contributed by atoms with Crippen LogP contribution in [0, 0.1) is 18.7 Å². The smallest absolute Gasteiger partial charge is 0.319 e. The predicted molar refractivity (Wildman–Crippen MR) is 130 cm³/mol. The van der Waals surface area contributed by atoms with E-state index in [-0.39, 0.29) is 17.3 Å². The van der Waals surface area contributed by atoms with Crippen LogP contribution in [0.3, 0.4) is 0 Å². The number of nitrogens with zero attached hydrogens (tertiary/aromatic N) is 2. The first kappa shape index (κ1) is 22.8. The number of halogens is 1. The van der Waals surface area contributed by atoms with E-state index in [0.717, 1.165) is 36.6 Å². The Morgan fingerprint density at radius 2 is 1.85 bits per heavy atom. The maximum Gasteiger partial charge on any atom is 0.319 e. The van der Waals surface area contributed by atoms with E-state index < -0.39 is 11.8 Å². The van der Waals surface area contributed by atoms with Crippen LogP contribution >= 0.6 is 0 Å². The predicted octanol–water partition coefficient (Wildman–Crippen LogP) is 4.79. The third kappa shape index (κ3) is 4.69. The molecular formula is C25H30FN5O2. The molecule has 0 spiro atoms. The lowest BCUT2D eigenvalue weighted by atomic mass is 9.87. The fourth-order valence-corrected chi connectivity index (χ4v) is 4.50. The third-order valence-corrected chi connectivity index (χ3v) is 6.57. The lowest BCUT2D eigenvalue weighted by molar-refractivity contribution is 0.239. The molecule has 2 aromatic heterocycles. The normalized spacial score (nSPS) is 18.2. The zero-order valence-electron chi connectivity index (χ0n) is 19.5. The summed E-state index contributed by atoms with van der Waals surface area (Å²) in [6.07, 6.45) is 5.69. The van der Waals surface area contributed by atoms with Crippen molar-refractivity contribution in [1.82, 2.24) is 14.9 Å². The van der Waals surface area contributed by atoms with E-state index in [9.17, 15) is 14.0 Å². The van der Waals surface area contributed by atoms with Crippen molar-refractivity contribution in [3.05, 3.63) is 52.2 Å². The van der Waals surface area contributed by atoms with E-state index >= 15 is 0 Å². The quantitative estimate of drug-likeness (QED) is 0.532. The maximum atomic E-state index is 14.7. The molecule has 0 unspecified atom stereocenters. The molecule has 0 bridgehead atoms. The van der Waals surface area contributed by atoms with Gasteiger partial charge in [-0.1, -0.05) is 6.92 Å². The van der Waals surface area contributed by atoms with Gasteiger partial charge in [-0.25, -0.2) is 14.2 Å². The minimum Gasteiger partial charge on any atom is -0.373 e. The molecule has 3 N–H and O–H groups in total. The number of aromatic nitrogens is 2. The van der Waals surface area contributed by atoms with Crippen molar-refractivity contribution in [1.29, 1.82) is 0 Å². The Hall–Kier alpha value is -3.42. The molecule has 0 atom stereocenters. The van der Waals surface area contributed by atoms with Crippen LogP contribution in [0.1, 0.15) is 38.2 Å². The summed E-state index contributed by atoms with van der Waals surface area (Å²) in [5.41, 5.74) is 2.17. The van der Waals surface area contributed by atoms with Gasteiger partial charge in [0.1, 0.15) is 11.6 Å². The van der Waals surface area contributed by atoms with E-state index in [1.54, 1.807) is 43.9 Å². The Bertz CT molecular complexity index is 1260. The minimum absolute atomic E-state index is 0.0445. The maximum absolute atomic E-state index is 14.7. The van der Waals surface area contributed by atoms with Crippen molar-refractivity contribution in [3.63, 3.8) is 0 Å². The van der Waals surface area contributed by atoms with E-state index in [0.29, 0.717) is 28.4 Å². The number of pyridine rings is 2. The molecule has 0 saturated heterocycles. The summed E-state index contributed by atoms with van der Waals surface area (Å²) in [6.45, 7) is 3.96. The van der Waals surface area contributed by atoms with Crippen LogP contribution in [0.25, 0.3) is 22.0 Å². The number of benzene rings is 1. The summed E-state index contributed by atoms with van der Waals surface area (Å²) >= 11 is 0. The number of amides is 2. The van der Waals surface area contributed by atoms with Crippen LogP contribution in [0.5, 0.6) is 0 Å². The average molecular weight is 452 g/mol. The van der Waals surface area contributed by atoms with E-state index in [2.05, 4.69) is 27.9 Å². The molecule has 1 aromatic carbocycles. The molecule has 2 amide bonds. The summed E-state index contributed by atoms with van der Waals surface area (Å²) in [5.74, 6) is 0.794. The van der Waals surface area contributed by atoms with E-state index in [1.165, 1.54) is 12.1 Å². The summed E-state index contributed by atoms with van der Waals surface area (Å²) in [6, 6.07) is 6.11. The Kier molecular flexibility index (Phi) is 6.35. The number of rotatable bonds is 4. The number of anilines is 2. The molecule has 1 aliphatic carbocycles. The van der Waals surface area contributed by atoms with Crippen LogP contribution in [0.2, 0.25) is 0 Å². The van der Waals surface area contributed by atoms with Crippen molar-refractivity contribution < 1.29 is 9.18 Å². The third-order valence-electron chi connectivity index (χ3n) is 6.57. The second-order valence-electron chi connectivity index (χ2n) is 9.00. The summed E-state index contributed by atoms with van der Waals surface area (Å²) < 4.78 is 16.3. The van der Waals surface area contributed by atoms with Gasteiger partial charge in [0, 0.05) is 43.4 Å². The molecule has 1 fully saturated rings. The Morgan fingerprint density at radius 3 is 2.55 bits per heavy atom. The monoisotopic (exact) mass is 451 g/mol. The van der Waals surface area contributed by atoms with E-state index in [1.807, 2.05) is 0 Å². The first-order valence-electron chi connectivity index (χ1n) is 11.3. The highest BCUT2D eigenvalue weighted by atomic mass is 19.1. The Labute approximate surface area is 192 Å². The van der Waals surface area contributed by atoms with Crippen molar-refractivity contribution in [2.75, 3.05) is 17.7 Å². The number of carbonyl (C=O) groups is 1. The first-order chi connectivity index (χ1) is 15.8. The largest absolute Gasteiger partial charge is 0.373 e. The molecule has 1 aliphatic rings. The average Bonchev–Trinajstić information content (AvgIpc) is 2.79. The topological polar surface area (TPSA) is 88.1 Å². The van der Waals surface area contributed by atoms with Crippen LogP contribution < -0.4 is 21.5 Å². The van der Waals surface area contributed by atoms with Gasteiger partial charge in [0.15, 0.2) is 0 Å². The minimum atomic E-state index is -0.540. The SMILES string of the molecule is CNc1cc2c(cn1)cc(-c1cc(NC(=O)NC3CCC(C)CC3)c(F)cc1C)c(=O)n2C. The van der Waals surface area contributed by atoms with Crippen LogP contribution in [0.15, 0.2) is 35.3 Å².